The highest BCUT2D eigenvalue weighted by molar-refractivity contribution is 7.99. The van der Waals surface area contributed by atoms with E-state index < -0.39 is 0 Å². The molecule has 3 aromatic carbocycles. The molecule has 0 heterocycles. The average molecular weight is 300 g/mol. The molecule has 0 unspecified atom stereocenters. The van der Waals surface area contributed by atoms with Gasteiger partial charge in [-0.15, -0.1) is 0 Å². The Bertz CT molecular complexity index is 806. The molecule has 106 valence electrons. The van der Waals surface area contributed by atoms with E-state index in [4.69, 9.17) is 0 Å². The Kier molecular flexibility index (Phi) is 4.63. The lowest BCUT2D eigenvalue weighted by molar-refractivity contribution is 1.38. The average Bonchev–Trinajstić information content (AvgIpc) is 2.56. The van der Waals surface area contributed by atoms with Crippen LogP contribution in [0.3, 0.4) is 0 Å². The summed E-state index contributed by atoms with van der Waals surface area (Å²) in [6.45, 7) is 2.09. The monoisotopic (exact) mass is 300 g/mol. The molecule has 0 radical (unpaired) electrons. The van der Waals surface area contributed by atoms with Crippen molar-refractivity contribution in [3.05, 3.63) is 95.6 Å². The molecule has 0 aliphatic rings. The molecule has 0 amide bonds. The van der Waals surface area contributed by atoms with Crippen LogP contribution in [0.25, 0.3) is 0 Å². The van der Waals surface area contributed by atoms with Crippen LogP contribution in [0.5, 0.6) is 0 Å². The Morgan fingerprint density at radius 2 is 1.36 bits per heavy atom. The lowest BCUT2D eigenvalue weighted by Gasteiger charge is -2.04. The largest absolute Gasteiger partial charge is 0.0888 e. The van der Waals surface area contributed by atoms with E-state index in [2.05, 4.69) is 85.5 Å². The summed E-state index contributed by atoms with van der Waals surface area (Å²) in [7, 11) is 0. The number of hydrogen-bond donors (Lipinski definition) is 0. The summed E-state index contributed by atoms with van der Waals surface area (Å²) in [4.78, 5) is 2.42. The Balaban J connectivity index is 1.87. The molecule has 0 aliphatic carbocycles. The van der Waals surface area contributed by atoms with Crippen LogP contribution in [0, 0.1) is 18.8 Å². The van der Waals surface area contributed by atoms with Crippen LogP contribution in [0.4, 0.5) is 0 Å². The third kappa shape index (κ3) is 3.81. The first-order valence-corrected chi connectivity index (χ1v) is 8.03. The highest BCUT2D eigenvalue weighted by Crippen LogP contribution is 2.29. The summed E-state index contributed by atoms with van der Waals surface area (Å²) >= 11 is 1.75. The number of rotatable bonds is 2. The maximum atomic E-state index is 3.30. The van der Waals surface area contributed by atoms with Gasteiger partial charge in [-0.3, -0.25) is 0 Å². The van der Waals surface area contributed by atoms with Gasteiger partial charge in [0.2, 0.25) is 0 Å². The molecule has 0 aliphatic heterocycles. The van der Waals surface area contributed by atoms with Crippen molar-refractivity contribution < 1.29 is 0 Å². The Morgan fingerprint density at radius 3 is 2.14 bits per heavy atom. The smallest absolute Gasteiger partial charge is 0.0388 e. The summed E-state index contributed by atoms with van der Waals surface area (Å²) in [5, 5.41) is 0. The van der Waals surface area contributed by atoms with Crippen molar-refractivity contribution in [2.45, 2.75) is 16.7 Å². The van der Waals surface area contributed by atoms with Gasteiger partial charge in [-0.2, -0.15) is 0 Å². The number of hydrogen-bond acceptors (Lipinski definition) is 1. The van der Waals surface area contributed by atoms with Crippen molar-refractivity contribution >= 4 is 11.8 Å². The maximum Gasteiger partial charge on any atom is 0.0388 e. The molecular weight excluding hydrogens is 284 g/mol. The van der Waals surface area contributed by atoms with Gasteiger partial charge in [0.1, 0.15) is 0 Å². The van der Waals surface area contributed by atoms with Crippen LogP contribution >= 0.6 is 11.8 Å². The van der Waals surface area contributed by atoms with Crippen LogP contribution < -0.4 is 0 Å². The van der Waals surface area contributed by atoms with Crippen LogP contribution in [0.15, 0.2) is 88.7 Å². The van der Waals surface area contributed by atoms with Crippen molar-refractivity contribution in [2.24, 2.45) is 0 Å². The van der Waals surface area contributed by atoms with E-state index in [1.54, 1.807) is 11.8 Å². The van der Waals surface area contributed by atoms with Crippen molar-refractivity contribution in [1.29, 1.82) is 0 Å². The zero-order valence-electron chi connectivity index (χ0n) is 12.4. The Hall–Kier alpha value is -2.43. The second-order valence-corrected chi connectivity index (χ2v) is 6.14. The van der Waals surface area contributed by atoms with Crippen LogP contribution in [0.2, 0.25) is 0 Å². The zero-order valence-corrected chi connectivity index (χ0v) is 13.2. The SMILES string of the molecule is Cc1ccc(C#Cc2ccccc2Sc2ccccc2)cc1. The Morgan fingerprint density at radius 1 is 0.682 bits per heavy atom. The topological polar surface area (TPSA) is 0 Å². The molecule has 0 saturated carbocycles. The minimum absolute atomic E-state index is 1.05. The zero-order chi connectivity index (χ0) is 15.2. The molecule has 0 fully saturated rings. The van der Waals surface area contributed by atoms with E-state index in [-0.39, 0.29) is 0 Å². The van der Waals surface area contributed by atoms with Crippen molar-refractivity contribution in [1.82, 2.24) is 0 Å². The molecular formula is C21H16S. The number of aryl methyl sites for hydroxylation is 1. The van der Waals surface area contributed by atoms with Gasteiger partial charge in [0.25, 0.3) is 0 Å². The lowest BCUT2D eigenvalue weighted by atomic mass is 10.1. The van der Waals surface area contributed by atoms with Gasteiger partial charge in [-0.1, -0.05) is 71.6 Å². The standard InChI is InChI=1S/C21H16S/c1-17-11-13-18(14-12-17)15-16-19-7-5-6-10-21(19)22-20-8-3-2-4-9-20/h2-14H,1H3. The van der Waals surface area contributed by atoms with E-state index >= 15 is 0 Å². The van der Waals surface area contributed by atoms with E-state index in [1.807, 2.05) is 12.1 Å². The molecule has 0 nitrogen and oxygen atoms in total. The third-order valence-electron chi connectivity index (χ3n) is 3.25. The summed E-state index contributed by atoms with van der Waals surface area (Å²) in [6, 6.07) is 27.0. The molecule has 3 rings (SSSR count). The molecule has 1 heteroatoms. The molecule has 0 aromatic heterocycles. The van der Waals surface area contributed by atoms with Gasteiger partial charge < -0.3 is 0 Å². The van der Waals surface area contributed by atoms with Gasteiger partial charge in [-0.05, 0) is 43.3 Å². The van der Waals surface area contributed by atoms with Crippen molar-refractivity contribution in [2.75, 3.05) is 0 Å². The molecule has 22 heavy (non-hydrogen) atoms. The first-order valence-electron chi connectivity index (χ1n) is 7.22. The van der Waals surface area contributed by atoms with E-state index in [0.717, 1.165) is 11.1 Å². The van der Waals surface area contributed by atoms with Crippen LogP contribution in [-0.2, 0) is 0 Å². The predicted octanol–water partition coefficient (Wildman–Crippen LogP) is 5.55. The molecule has 0 spiro atoms. The van der Waals surface area contributed by atoms with Gasteiger partial charge in [-0.25, -0.2) is 0 Å². The fourth-order valence-electron chi connectivity index (χ4n) is 2.05. The second kappa shape index (κ2) is 7.02. The minimum Gasteiger partial charge on any atom is -0.0888 e. The van der Waals surface area contributed by atoms with E-state index in [1.165, 1.54) is 15.4 Å². The first-order chi connectivity index (χ1) is 10.8. The minimum atomic E-state index is 1.05. The third-order valence-corrected chi connectivity index (χ3v) is 4.33. The van der Waals surface area contributed by atoms with E-state index in [9.17, 15) is 0 Å². The molecule has 0 N–H and O–H groups in total. The molecule has 3 aromatic rings. The fraction of sp³-hybridized carbons (Fsp3) is 0.0476. The van der Waals surface area contributed by atoms with Crippen molar-refractivity contribution in [3.63, 3.8) is 0 Å². The fourth-order valence-corrected chi connectivity index (χ4v) is 2.97. The van der Waals surface area contributed by atoms with Crippen LogP contribution in [-0.4, -0.2) is 0 Å². The first kappa shape index (κ1) is 14.5. The second-order valence-electron chi connectivity index (χ2n) is 5.03. The summed E-state index contributed by atoms with van der Waals surface area (Å²) in [5.41, 5.74) is 3.37. The summed E-state index contributed by atoms with van der Waals surface area (Å²) < 4.78 is 0. The molecule has 0 atom stereocenters. The molecule has 0 bridgehead atoms. The van der Waals surface area contributed by atoms with Gasteiger partial charge >= 0.3 is 0 Å². The highest BCUT2D eigenvalue weighted by Gasteiger charge is 2.01. The summed E-state index contributed by atoms with van der Waals surface area (Å²) in [5.74, 6) is 6.55. The Labute approximate surface area is 136 Å². The molecule has 0 saturated heterocycles. The normalized spacial score (nSPS) is 9.86. The summed E-state index contributed by atoms with van der Waals surface area (Å²) in [6.07, 6.45) is 0. The highest BCUT2D eigenvalue weighted by atomic mass is 32.2. The predicted molar refractivity (Wildman–Crippen MR) is 94.2 cm³/mol. The van der Waals surface area contributed by atoms with Gasteiger partial charge in [0, 0.05) is 20.9 Å². The van der Waals surface area contributed by atoms with Crippen LogP contribution in [0.1, 0.15) is 16.7 Å². The van der Waals surface area contributed by atoms with Gasteiger partial charge in [0.05, 0.1) is 0 Å². The quantitative estimate of drug-likeness (QED) is 0.559. The van der Waals surface area contributed by atoms with E-state index in [0.29, 0.717) is 0 Å². The maximum absolute atomic E-state index is 3.30. The van der Waals surface area contributed by atoms with Gasteiger partial charge in [0.15, 0.2) is 0 Å². The lowest BCUT2D eigenvalue weighted by Crippen LogP contribution is -1.82. The number of benzene rings is 3. The van der Waals surface area contributed by atoms with Crippen molar-refractivity contribution in [3.8, 4) is 11.8 Å².